The zero-order chi connectivity index (χ0) is 12.8. The molecular weight excluding hydrogens is 288 g/mol. The molecule has 0 unspecified atom stereocenters. The molecular formula is C10H11BrN4O2. The Morgan fingerprint density at radius 2 is 1.76 bits per heavy atom. The number of rotatable bonds is 0. The molecule has 2 aromatic rings. The minimum atomic E-state index is -0.310. The Kier molecular flexibility index (Phi) is 4.77. The third-order valence-electron chi connectivity index (χ3n) is 1.77. The number of nitrogens with one attached hydrogen (secondary N) is 2. The lowest BCUT2D eigenvalue weighted by Gasteiger charge is -1.91. The molecule has 0 aliphatic heterocycles. The van der Waals surface area contributed by atoms with E-state index in [-0.39, 0.29) is 11.4 Å². The summed E-state index contributed by atoms with van der Waals surface area (Å²) in [7, 11) is 0. The van der Waals surface area contributed by atoms with Crippen molar-refractivity contribution in [3.8, 4) is 0 Å². The molecule has 0 saturated carbocycles. The lowest BCUT2D eigenvalue weighted by Crippen LogP contribution is -2.10. The fraction of sp³-hybridized carbons (Fsp3) is 0.200. The van der Waals surface area contributed by atoms with E-state index in [0.717, 1.165) is 15.9 Å². The van der Waals surface area contributed by atoms with Gasteiger partial charge in [0.05, 0.1) is 4.47 Å². The standard InChI is InChI=1S/C5H5BrN2O.C5H6N2O/c1-3-4(6)2-7-5(9)8-3;1-4-2-3-6-5(8)7-4/h2H,1H3,(H,7,8,9);2-3H,1H3,(H,6,7,8). The normalized spacial score (nSPS) is 9.35. The summed E-state index contributed by atoms with van der Waals surface area (Å²) in [6, 6.07) is 1.74. The third kappa shape index (κ3) is 4.73. The average Bonchev–Trinajstić information content (AvgIpc) is 2.24. The number of aromatic amines is 2. The van der Waals surface area contributed by atoms with Gasteiger partial charge >= 0.3 is 11.4 Å². The van der Waals surface area contributed by atoms with Gasteiger partial charge in [0, 0.05) is 23.8 Å². The van der Waals surface area contributed by atoms with Gasteiger partial charge in [-0.2, -0.15) is 0 Å². The first kappa shape index (κ1) is 13.3. The van der Waals surface area contributed by atoms with Crippen LogP contribution in [0.1, 0.15) is 11.4 Å². The number of aromatic nitrogens is 4. The minimum absolute atomic E-state index is 0.287. The second-order valence-electron chi connectivity index (χ2n) is 3.22. The second-order valence-corrected chi connectivity index (χ2v) is 4.07. The Hall–Kier alpha value is -1.76. The number of aryl methyl sites for hydroxylation is 2. The first-order valence-corrected chi connectivity index (χ1v) is 5.51. The maximum atomic E-state index is 10.5. The second kappa shape index (κ2) is 6.09. The molecule has 7 heteroatoms. The molecule has 2 heterocycles. The van der Waals surface area contributed by atoms with Crippen LogP contribution in [-0.2, 0) is 0 Å². The van der Waals surface area contributed by atoms with Crippen LogP contribution in [-0.4, -0.2) is 19.9 Å². The van der Waals surface area contributed by atoms with Crippen LogP contribution in [0.25, 0.3) is 0 Å². The van der Waals surface area contributed by atoms with Gasteiger partial charge in [0.25, 0.3) is 0 Å². The van der Waals surface area contributed by atoms with E-state index in [2.05, 4.69) is 35.9 Å². The third-order valence-corrected chi connectivity index (χ3v) is 2.57. The first-order chi connectivity index (χ1) is 7.99. The van der Waals surface area contributed by atoms with Crippen molar-refractivity contribution < 1.29 is 0 Å². The molecule has 0 aliphatic carbocycles. The van der Waals surface area contributed by atoms with Crippen LogP contribution < -0.4 is 11.4 Å². The van der Waals surface area contributed by atoms with Crippen molar-refractivity contribution in [2.75, 3.05) is 0 Å². The van der Waals surface area contributed by atoms with Gasteiger partial charge in [-0.05, 0) is 35.8 Å². The van der Waals surface area contributed by atoms with E-state index in [0.29, 0.717) is 0 Å². The summed E-state index contributed by atoms with van der Waals surface area (Å²) in [6.45, 7) is 3.61. The van der Waals surface area contributed by atoms with Crippen molar-refractivity contribution in [1.29, 1.82) is 0 Å². The lowest BCUT2D eigenvalue weighted by molar-refractivity contribution is 1.01. The fourth-order valence-corrected chi connectivity index (χ4v) is 1.13. The van der Waals surface area contributed by atoms with Crippen LogP contribution in [0.2, 0.25) is 0 Å². The van der Waals surface area contributed by atoms with Gasteiger partial charge in [-0.3, -0.25) is 0 Å². The molecule has 0 amide bonds. The van der Waals surface area contributed by atoms with E-state index < -0.39 is 0 Å². The average molecular weight is 299 g/mol. The van der Waals surface area contributed by atoms with Crippen LogP contribution in [0.5, 0.6) is 0 Å². The van der Waals surface area contributed by atoms with Crippen molar-refractivity contribution in [1.82, 2.24) is 19.9 Å². The molecule has 2 aromatic heterocycles. The summed E-state index contributed by atoms with van der Waals surface area (Å²) >= 11 is 3.20. The number of H-pyrrole nitrogens is 2. The van der Waals surface area contributed by atoms with Crippen LogP contribution >= 0.6 is 15.9 Å². The Morgan fingerprint density at radius 3 is 2.18 bits per heavy atom. The molecule has 0 fully saturated rings. The van der Waals surface area contributed by atoms with Crippen LogP contribution in [0.3, 0.4) is 0 Å². The molecule has 6 nitrogen and oxygen atoms in total. The highest BCUT2D eigenvalue weighted by molar-refractivity contribution is 9.10. The monoisotopic (exact) mass is 298 g/mol. The Morgan fingerprint density at radius 1 is 1.12 bits per heavy atom. The van der Waals surface area contributed by atoms with E-state index in [9.17, 15) is 9.59 Å². The maximum absolute atomic E-state index is 10.5. The van der Waals surface area contributed by atoms with Crippen molar-refractivity contribution in [3.63, 3.8) is 0 Å². The summed E-state index contributed by atoms with van der Waals surface area (Å²) in [5.41, 5.74) is 1.04. The van der Waals surface area contributed by atoms with Crippen molar-refractivity contribution in [3.05, 3.63) is 55.3 Å². The Labute approximate surface area is 105 Å². The van der Waals surface area contributed by atoms with Gasteiger partial charge in [0.2, 0.25) is 0 Å². The smallest absolute Gasteiger partial charge is 0.310 e. The number of hydrogen-bond donors (Lipinski definition) is 2. The van der Waals surface area contributed by atoms with Gasteiger partial charge in [-0.15, -0.1) is 0 Å². The molecule has 0 aliphatic rings. The highest BCUT2D eigenvalue weighted by atomic mass is 79.9. The fourth-order valence-electron chi connectivity index (χ4n) is 0.924. The van der Waals surface area contributed by atoms with Crippen LogP contribution in [0, 0.1) is 13.8 Å². The van der Waals surface area contributed by atoms with Gasteiger partial charge in [0.15, 0.2) is 0 Å². The number of hydrogen-bond acceptors (Lipinski definition) is 4. The number of nitrogens with zero attached hydrogens (tertiary/aromatic N) is 2. The van der Waals surface area contributed by atoms with E-state index in [4.69, 9.17) is 0 Å². The summed E-state index contributed by atoms with van der Waals surface area (Å²) in [5.74, 6) is 0. The van der Waals surface area contributed by atoms with E-state index in [1.807, 2.05) is 6.92 Å². The minimum Gasteiger partial charge on any atom is -0.310 e. The van der Waals surface area contributed by atoms with Crippen molar-refractivity contribution in [2.45, 2.75) is 13.8 Å². The maximum Gasteiger partial charge on any atom is 0.345 e. The molecule has 2 rings (SSSR count). The van der Waals surface area contributed by atoms with Crippen molar-refractivity contribution in [2.24, 2.45) is 0 Å². The Balaban J connectivity index is 0.000000171. The topological polar surface area (TPSA) is 91.5 Å². The lowest BCUT2D eigenvalue weighted by atomic mass is 10.5. The van der Waals surface area contributed by atoms with Crippen molar-refractivity contribution >= 4 is 15.9 Å². The largest absolute Gasteiger partial charge is 0.345 e. The molecule has 0 aromatic carbocycles. The van der Waals surface area contributed by atoms with Crippen LogP contribution in [0.4, 0.5) is 0 Å². The first-order valence-electron chi connectivity index (χ1n) is 4.72. The van der Waals surface area contributed by atoms with E-state index in [1.54, 1.807) is 13.0 Å². The van der Waals surface area contributed by atoms with E-state index in [1.165, 1.54) is 12.4 Å². The van der Waals surface area contributed by atoms with Gasteiger partial charge in [0.1, 0.15) is 0 Å². The summed E-state index contributed by atoms with van der Waals surface area (Å²) < 4.78 is 0.821. The molecule has 2 N–H and O–H groups in total. The summed E-state index contributed by atoms with van der Waals surface area (Å²) in [6.07, 6.45) is 2.96. The van der Waals surface area contributed by atoms with Gasteiger partial charge in [-0.1, -0.05) is 0 Å². The van der Waals surface area contributed by atoms with Gasteiger partial charge in [-0.25, -0.2) is 19.6 Å². The summed E-state index contributed by atoms with van der Waals surface area (Å²) in [5, 5.41) is 0. The summed E-state index contributed by atoms with van der Waals surface area (Å²) in [4.78, 5) is 32.7. The quantitative estimate of drug-likeness (QED) is 0.756. The molecule has 0 spiro atoms. The predicted octanol–water partition coefficient (Wildman–Crippen LogP) is 0.919. The van der Waals surface area contributed by atoms with Gasteiger partial charge < -0.3 is 9.97 Å². The SMILES string of the molecule is Cc1[nH]c(=O)ncc1Br.Cc1ccnc(=O)[nH]1. The molecule has 0 radical (unpaired) electrons. The zero-order valence-corrected chi connectivity index (χ0v) is 10.9. The molecule has 0 bridgehead atoms. The molecule has 17 heavy (non-hydrogen) atoms. The van der Waals surface area contributed by atoms with E-state index >= 15 is 0 Å². The molecule has 0 saturated heterocycles. The number of halogens is 1. The predicted molar refractivity (Wildman–Crippen MR) is 66.9 cm³/mol. The molecule has 90 valence electrons. The highest BCUT2D eigenvalue weighted by Crippen LogP contribution is 2.07. The Bertz CT molecular complexity index is 605. The molecule has 0 atom stereocenters. The zero-order valence-electron chi connectivity index (χ0n) is 9.32. The highest BCUT2D eigenvalue weighted by Gasteiger charge is 1.91. The van der Waals surface area contributed by atoms with Crippen LogP contribution in [0.15, 0.2) is 32.5 Å².